The van der Waals surface area contributed by atoms with Crippen molar-refractivity contribution < 1.29 is 19.4 Å². The van der Waals surface area contributed by atoms with E-state index in [4.69, 9.17) is 4.74 Å². The minimum Gasteiger partial charge on any atom is -0.463 e. The summed E-state index contributed by atoms with van der Waals surface area (Å²) in [7, 11) is 0. The van der Waals surface area contributed by atoms with Crippen LogP contribution in [0.4, 0.5) is 0 Å². The zero-order chi connectivity index (χ0) is 20.5. The topological polar surface area (TPSA) is 63.6 Å². The number of ether oxygens (including phenoxy) is 1. The average molecular weight is 388 g/mol. The smallest absolute Gasteiger partial charge is 0.306 e. The van der Waals surface area contributed by atoms with Gasteiger partial charge in [0.25, 0.3) is 0 Å². The number of aliphatic hydroxyl groups is 1. The van der Waals surface area contributed by atoms with Gasteiger partial charge in [0, 0.05) is 17.9 Å². The molecule has 0 aliphatic heterocycles. The van der Waals surface area contributed by atoms with Crippen LogP contribution >= 0.6 is 0 Å². The predicted molar refractivity (Wildman–Crippen MR) is 112 cm³/mol. The fraction of sp³-hybridized carbons (Fsp3) is 0.200. The third kappa shape index (κ3) is 6.13. The van der Waals surface area contributed by atoms with Crippen LogP contribution in [0.1, 0.15) is 46.3 Å². The Balaban J connectivity index is 1.63. The highest BCUT2D eigenvalue weighted by Crippen LogP contribution is 2.26. The van der Waals surface area contributed by atoms with Gasteiger partial charge < -0.3 is 9.84 Å². The molecule has 0 spiro atoms. The molecule has 0 bridgehead atoms. The molecule has 2 atom stereocenters. The molecule has 4 nitrogen and oxygen atoms in total. The molecule has 0 unspecified atom stereocenters. The van der Waals surface area contributed by atoms with Crippen molar-refractivity contribution >= 4 is 11.8 Å². The molecule has 0 saturated carbocycles. The second kappa shape index (κ2) is 10.3. The number of esters is 1. The van der Waals surface area contributed by atoms with E-state index in [1.807, 2.05) is 66.7 Å². The Labute approximate surface area is 170 Å². The van der Waals surface area contributed by atoms with Gasteiger partial charge in [0.1, 0.15) is 12.7 Å². The molecular weight excluding hydrogens is 364 g/mol. The van der Waals surface area contributed by atoms with Crippen LogP contribution in [-0.2, 0) is 9.53 Å². The fourth-order valence-corrected chi connectivity index (χ4v) is 3.20. The highest BCUT2D eigenvalue weighted by molar-refractivity contribution is 5.96. The maximum absolute atomic E-state index is 12.7. The predicted octanol–water partition coefficient (Wildman–Crippen LogP) is 4.71. The van der Waals surface area contributed by atoms with Crippen molar-refractivity contribution in [1.82, 2.24) is 0 Å². The summed E-state index contributed by atoms with van der Waals surface area (Å²) < 4.78 is 5.30. The quantitative estimate of drug-likeness (QED) is 0.426. The van der Waals surface area contributed by atoms with Gasteiger partial charge in [-0.3, -0.25) is 9.59 Å². The number of benzene rings is 3. The van der Waals surface area contributed by atoms with Crippen molar-refractivity contribution in [3.8, 4) is 0 Å². The van der Waals surface area contributed by atoms with Crippen LogP contribution in [0.3, 0.4) is 0 Å². The molecule has 0 amide bonds. The van der Waals surface area contributed by atoms with E-state index in [2.05, 4.69) is 0 Å². The maximum atomic E-state index is 12.7. The summed E-state index contributed by atoms with van der Waals surface area (Å²) in [5.74, 6) is -0.739. The zero-order valence-electron chi connectivity index (χ0n) is 16.1. The molecule has 29 heavy (non-hydrogen) atoms. The summed E-state index contributed by atoms with van der Waals surface area (Å²) in [6.45, 7) is -0.114. The molecule has 0 saturated heterocycles. The summed E-state index contributed by atoms with van der Waals surface area (Å²) in [5.41, 5.74) is 2.23. The number of rotatable bonds is 9. The number of carbonyl (C=O) groups is 2. The zero-order valence-corrected chi connectivity index (χ0v) is 16.1. The molecule has 0 radical (unpaired) electrons. The summed E-state index contributed by atoms with van der Waals surface area (Å²) in [5, 5.41) is 10.2. The summed E-state index contributed by atoms with van der Waals surface area (Å²) in [4.78, 5) is 25.1. The number of aliphatic hydroxyl groups excluding tert-OH is 1. The normalized spacial score (nSPS) is 12.7. The van der Waals surface area contributed by atoms with Crippen molar-refractivity contribution in [3.63, 3.8) is 0 Å². The SMILES string of the molecule is O=C(C[C@H](CC(=O)c1ccccc1)c1ccccc1)OC[C@H](O)c1ccccc1. The van der Waals surface area contributed by atoms with E-state index >= 15 is 0 Å². The molecular formula is C25H24O4. The highest BCUT2D eigenvalue weighted by Gasteiger charge is 2.22. The van der Waals surface area contributed by atoms with Gasteiger partial charge in [-0.1, -0.05) is 91.0 Å². The van der Waals surface area contributed by atoms with Crippen molar-refractivity contribution in [1.29, 1.82) is 0 Å². The van der Waals surface area contributed by atoms with E-state index in [0.717, 1.165) is 5.56 Å². The molecule has 148 valence electrons. The first-order valence-electron chi connectivity index (χ1n) is 9.65. The molecule has 1 N–H and O–H groups in total. The molecule has 4 heteroatoms. The lowest BCUT2D eigenvalue weighted by atomic mass is 9.89. The Morgan fingerprint density at radius 3 is 1.83 bits per heavy atom. The Hall–Kier alpha value is -3.24. The van der Waals surface area contributed by atoms with Crippen LogP contribution in [0, 0.1) is 0 Å². The van der Waals surface area contributed by atoms with E-state index < -0.39 is 12.1 Å². The Bertz CT molecular complexity index is 907. The summed E-state index contributed by atoms with van der Waals surface area (Å²) in [6.07, 6.45) is -0.588. The second-order valence-corrected chi connectivity index (χ2v) is 6.91. The van der Waals surface area contributed by atoms with Crippen molar-refractivity contribution in [2.45, 2.75) is 24.9 Å². The number of carbonyl (C=O) groups excluding carboxylic acids is 2. The minimum atomic E-state index is -0.874. The first-order valence-corrected chi connectivity index (χ1v) is 9.65. The van der Waals surface area contributed by atoms with Crippen molar-refractivity contribution in [3.05, 3.63) is 108 Å². The summed E-state index contributed by atoms with van der Waals surface area (Å²) in [6, 6.07) is 27.6. The molecule has 0 aromatic heterocycles. The Morgan fingerprint density at radius 1 is 0.724 bits per heavy atom. The molecule has 0 fully saturated rings. The molecule has 0 aliphatic carbocycles. The van der Waals surface area contributed by atoms with Crippen LogP contribution in [0.25, 0.3) is 0 Å². The van der Waals surface area contributed by atoms with Gasteiger partial charge in [-0.15, -0.1) is 0 Å². The van der Waals surface area contributed by atoms with Gasteiger partial charge in [-0.25, -0.2) is 0 Å². The molecule has 3 aromatic carbocycles. The van der Waals surface area contributed by atoms with Crippen LogP contribution in [0.2, 0.25) is 0 Å². The minimum absolute atomic E-state index is 0.0171. The van der Waals surface area contributed by atoms with E-state index in [1.165, 1.54) is 0 Å². The first-order chi connectivity index (χ1) is 14.1. The third-order valence-electron chi connectivity index (χ3n) is 4.80. The standard InChI is InChI=1S/C25H24O4/c26-23(20-12-6-2-7-13-20)16-22(19-10-4-1-5-11-19)17-25(28)29-18-24(27)21-14-8-3-9-15-21/h1-15,22,24,27H,16-18H2/t22-,24-/m0/s1. The van der Waals surface area contributed by atoms with E-state index in [0.29, 0.717) is 11.1 Å². The van der Waals surface area contributed by atoms with Gasteiger partial charge in [0.05, 0.1) is 6.42 Å². The first kappa shape index (κ1) is 20.5. The van der Waals surface area contributed by atoms with E-state index in [9.17, 15) is 14.7 Å². The van der Waals surface area contributed by atoms with Crippen LogP contribution in [0.15, 0.2) is 91.0 Å². The number of hydrogen-bond acceptors (Lipinski definition) is 4. The second-order valence-electron chi connectivity index (χ2n) is 6.91. The van der Waals surface area contributed by atoms with Crippen LogP contribution in [0.5, 0.6) is 0 Å². The van der Waals surface area contributed by atoms with Gasteiger partial charge in [-0.05, 0) is 11.1 Å². The van der Waals surface area contributed by atoms with Gasteiger partial charge in [0.2, 0.25) is 0 Å². The Morgan fingerprint density at radius 2 is 1.24 bits per heavy atom. The molecule has 0 heterocycles. The van der Waals surface area contributed by atoms with Gasteiger partial charge in [-0.2, -0.15) is 0 Å². The number of Topliss-reactive ketones (excluding diaryl/α,β-unsaturated/α-hetero) is 1. The summed E-state index contributed by atoms with van der Waals surface area (Å²) >= 11 is 0. The van der Waals surface area contributed by atoms with E-state index in [1.54, 1.807) is 24.3 Å². The maximum Gasteiger partial charge on any atom is 0.306 e. The number of ketones is 1. The lowest BCUT2D eigenvalue weighted by molar-refractivity contribution is -0.147. The average Bonchev–Trinajstić information content (AvgIpc) is 2.78. The largest absolute Gasteiger partial charge is 0.463 e. The van der Waals surface area contributed by atoms with Crippen LogP contribution in [-0.4, -0.2) is 23.5 Å². The lowest BCUT2D eigenvalue weighted by Gasteiger charge is -2.17. The Kier molecular flexibility index (Phi) is 7.31. The lowest BCUT2D eigenvalue weighted by Crippen LogP contribution is -2.17. The molecule has 3 aromatic rings. The fourth-order valence-electron chi connectivity index (χ4n) is 3.20. The van der Waals surface area contributed by atoms with Crippen molar-refractivity contribution in [2.75, 3.05) is 6.61 Å². The van der Waals surface area contributed by atoms with E-state index in [-0.39, 0.29) is 31.1 Å². The monoisotopic (exact) mass is 388 g/mol. The van der Waals surface area contributed by atoms with Crippen molar-refractivity contribution in [2.24, 2.45) is 0 Å². The number of hydrogen-bond donors (Lipinski definition) is 1. The van der Waals surface area contributed by atoms with Gasteiger partial charge in [0.15, 0.2) is 5.78 Å². The molecule has 3 rings (SSSR count). The third-order valence-corrected chi connectivity index (χ3v) is 4.80. The van der Waals surface area contributed by atoms with Crippen LogP contribution < -0.4 is 0 Å². The van der Waals surface area contributed by atoms with Gasteiger partial charge >= 0.3 is 5.97 Å². The molecule has 0 aliphatic rings. The highest BCUT2D eigenvalue weighted by atomic mass is 16.5.